The third-order valence-electron chi connectivity index (χ3n) is 5.24. The van der Waals surface area contributed by atoms with Gasteiger partial charge in [0.15, 0.2) is 0 Å². The van der Waals surface area contributed by atoms with Gasteiger partial charge in [0.25, 0.3) is 0 Å². The van der Waals surface area contributed by atoms with Crippen molar-refractivity contribution >= 4 is 34.5 Å². The van der Waals surface area contributed by atoms with Crippen LogP contribution in [-0.2, 0) is 29.2 Å². The van der Waals surface area contributed by atoms with Crippen LogP contribution in [0.25, 0.3) is 17.0 Å². The molecule has 0 saturated heterocycles. The second-order valence-corrected chi connectivity index (χ2v) is 7.71. The highest BCUT2D eigenvalue weighted by Gasteiger charge is 2.07. The summed E-state index contributed by atoms with van der Waals surface area (Å²) in [6.07, 6.45) is 9.02. The number of nitrogens with zero attached hydrogens (tertiary/aromatic N) is 4. The van der Waals surface area contributed by atoms with Gasteiger partial charge in [0, 0.05) is 59.9 Å². The highest BCUT2D eigenvalue weighted by atomic mass is 16.2. The zero-order valence-corrected chi connectivity index (χ0v) is 18.5. The van der Waals surface area contributed by atoms with Crippen molar-refractivity contribution in [1.29, 1.82) is 5.26 Å². The Balaban J connectivity index is 1.35. The fraction of sp³-hybridized carbons (Fsp3) is 0.154. The number of carbonyl (C=O) groups is 2. The van der Waals surface area contributed by atoms with E-state index in [1.165, 1.54) is 6.08 Å². The van der Waals surface area contributed by atoms with Crippen LogP contribution in [0, 0.1) is 11.3 Å². The Hall–Kier alpha value is -4.64. The van der Waals surface area contributed by atoms with Gasteiger partial charge in [-0.2, -0.15) is 10.4 Å². The van der Waals surface area contributed by atoms with E-state index in [-0.39, 0.29) is 18.4 Å². The van der Waals surface area contributed by atoms with Gasteiger partial charge in [0.1, 0.15) is 6.54 Å². The second-order valence-electron chi connectivity index (χ2n) is 7.71. The summed E-state index contributed by atoms with van der Waals surface area (Å²) in [4.78, 5) is 24.6. The third kappa shape index (κ3) is 5.78. The Morgan fingerprint density at radius 1 is 1.12 bits per heavy atom. The molecule has 0 aliphatic rings. The van der Waals surface area contributed by atoms with Crippen LogP contribution in [0.3, 0.4) is 0 Å². The van der Waals surface area contributed by atoms with Crippen LogP contribution in [0.15, 0.2) is 79.3 Å². The normalized spacial score (nSPS) is 10.9. The Bertz CT molecular complexity index is 1360. The lowest BCUT2D eigenvalue weighted by Gasteiger charge is -2.08. The van der Waals surface area contributed by atoms with Crippen molar-refractivity contribution in [2.75, 3.05) is 5.32 Å². The smallest absolute Gasteiger partial charge is 0.246 e. The van der Waals surface area contributed by atoms with Crippen LogP contribution in [-0.4, -0.2) is 26.2 Å². The zero-order valence-electron chi connectivity index (χ0n) is 18.5. The quantitative estimate of drug-likeness (QED) is 0.378. The third-order valence-corrected chi connectivity index (χ3v) is 5.24. The average Bonchev–Trinajstić information content (AvgIpc) is 3.48. The van der Waals surface area contributed by atoms with E-state index in [9.17, 15) is 9.59 Å². The standard InChI is InChI=1S/C26H24N6O2/c27-12-4-14-31-18-21(23-8-1-2-9-24(23)31)10-11-25(33)28-17-20-6-3-7-22(16-20)30-26(34)19-32-15-5-13-29-32/h1-3,5-11,13,15-16,18H,4,14,17,19H2,(H,28,33)(H,30,34)/b11-10+. The highest BCUT2D eigenvalue weighted by molar-refractivity contribution is 5.96. The number of aryl methyl sites for hydroxylation is 1. The summed E-state index contributed by atoms with van der Waals surface area (Å²) >= 11 is 0. The van der Waals surface area contributed by atoms with E-state index in [4.69, 9.17) is 5.26 Å². The van der Waals surface area contributed by atoms with E-state index in [1.54, 1.807) is 35.3 Å². The molecular weight excluding hydrogens is 428 g/mol. The fourth-order valence-corrected chi connectivity index (χ4v) is 3.68. The Labute approximate surface area is 197 Å². The molecule has 2 amide bonds. The van der Waals surface area contributed by atoms with Crippen LogP contribution in [0.1, 0.15) is 17.5 Å². The molecule has 2 N–H and O–H groups in total. The van der Waals surface area contributed by atoms with Crippen LogP contribution >= 0.6 is 0 Å². The summed E-state index contributed by atoms with van der Waals surface area (Å²) in [5.41, 5.74) is 3.48. The summed E-state index contributed by atoms with van der Waals surface area (Å²) in [5.74, 6) is -0.399. The van der Waals surface area contributed by atoms with Crippen molar-refractivity contribution < 1.29 is 9.59 Å². The zero-order chi connectivity index (χ0) is 23.8. The van der Waals surface area contributed by atoms with Gasteiger partial charge in [-0.1, -0.05) is 30.3 Å². The first kappa shape index (κ1) is 22.6. The molecule has 2 aromatic heterocycles. The minimum Gasteiger partial charge on any atom is -0.348 e. The lowest BCUT2D eigenvalue weighted by Crippen LogP contribution is -2.21. The van der Waals surface area contributed by atoms with Crippen LogP contribution < -0.4 is 10.6 Å². The molecule has 0 aliphatic heterocycles. The molecule has 8 heteroatoms. The van der Waals surface area contributed by atoms with Gasteiger partial charge in [-0.15, -0.1) is 0 Å². The number of carbonyl (C=O) groups excluding carboxylic acids is 2. The lowest BCUT2D eigenvalue weighted by molar-refractivity contribution is -0.117. The number of fused-ring (bicyclic) bond motifs is 1. The molecule has 4 rings (SSSR count). The van der Waals surface area contributed by atoms with Crippen molar-refractivity contribution in [3.05, 3.63) is 90.4 Å². The molecule has 0 saturated carbocycles. The molecule has 0 aliphatic carbocycles. The number of aromatic nitrogens is 3. The molecule has 2 heterocycles. The largest absolute Gasteiger partial charge is 0.348 e. The topological polar surface area (TPSA) is 105 Å². The first-order valence-electron chi connectivity index (χ1n) is 10.9. The molecule has 170 valence electrons. The van der Waals surface area contributed by atoms with Crippen molar-refractivity contribution in [3.8, 4) is 6.07 Å². The van der Waals surface area contributed by atoms with Gasteiger partial charge in [0.2, 0.25) is 11.8 Å². The number of para-hydroxylation sites is 1. The Morgan fingerprint density at radius 3 is 2.82 bits per heavy atom. The summed E-state index contributed by atoms with van der Waals surface area (Å²) in [6, 6.07) is 19.2. The Kier molecular flexibility index (Phi) is 7.16. The monoisotopic (exact) mass is 452 g/mol. The maximum atomic E-state index is 12.4. The molecular formula is C26H24N6O2. The van der Waals surface area contributed by atoms with Gasteiger partial charge < -0.3 is 15.2 Å². The molecule has 2 aromatic carbocycles. The SMILES string of the molecule is N#CCCn1cc(/C=C/C(=O)NCc2cccc(NC(=O)Cn3cccn3)c2)c2ccccc21. The predicted octanol–water partition coefficient (Wildman–Crippen LogP) is 3.72. The summed E-state index contributed by atoms with van der Waals surface area (Å²) in [6.45, 7) is 1.06. The molecule has 4 aromatic rings. The van der Waals surface area contributed by atoms with Crippen molar-refractivity contribution in [2.24, 2.45) is 0 Å². The number of amides is 2. The summed E-state index contributed by atoms with van der Waals surface area (Å²) < 4.78 is 3.58. The van der Waals surface area contributed by atoms with Crippen LogP contribution in [0.5, 0.6) is 0 Å². The summed E-state index contributed by atoms with van der Waals surface area (Å²) in [5, 5.41) is 19.7. The first-order valence-corrected chi connectivity index (χ1v) is 10.9. The van der Waals surface area contributed by atoms with Gasteiger partial charge in [-0.05, 0) is 35.9 Å². The number of nitriles is 1. The minimum atomic E-state index is -0.220. The highest BCUT2D eigenvalue weighted by Crippen LogP contribution is 2.22. The van der Waals surface area contributed by atoms with Crippen LogP contribution in [0.2, 0.25) is 0 Å². The van der Waals surface area contributed by atoms with Crippen molar-refractivity contribution in [1.82, 2.24) is 19.7 Å². The molecule has 0 spiro atoms. The summed E-state index contributed by atoms with van der Waals surface area (Å²) in [7, 11) is 0. The number of hydrogen-bond acceptors (Lipinski definition) is 4. The number of anilines is 1. The molecule has 0 atom stereocenters. The van der Waals surface area contributed by atoms with Crippen molar-refractivity contribution in [2.45, 2.75) is 26.1 Å². The number of benzene rings is 2. The molecule has 0 fully saturated rings. The maximum Gasteiger partial charge on any atom is 0.246 e. The van der Waals surface area contributed by atoms with Gasteiger partial charge in [0.05, 0.1) is 12.5 Å². The molecule has 0 bridgehead atoms. The molecule has 0 radical (unpaired) electrons. The molecule has 0 unspecified atom stereocenters. The predicted molar refractivity (Wildman–Crippen MR) is 130 cm³/mol. The average molecular weight is 453 g/mol. The van der Waals surface area contributed by atoms with Gasteiger partial charge in [-0.25, -0.2) is 0 Å². The van der Waals surface area contributed by atoms with Gasteiger partial charge in [-0.3, -0.25) is 14.3 Å². The number of nitrogens with one attached hydrogen (secondary N) is 2. The minimum absolute atomic E-state index is 0.131. The first-order chi connectivity index (χ1) is 16.6. The van der Waals surface area contributed by atoms with E-state index in [0.29, 0.717) is 25.2 Å². The van der Waals surface area contributed by atoms with Gasteiger partial charge >= 0.3 is 0 Å². The van der Waals surface area contributed by atoms with E-state index in [2.05, 4.69) is 21.8 Å². The second kappa shape index (κ2) is 10.8. The molecule has 8 nitrogen and oxygen atoms in total. The lowest BCUT2D eigenvalue weighted by atomic mass is 10.1. The number of rotatable bonds is 9. The van der Waals surface area contributed by atoms with E-state index in [0.717, 1.165) is 22.0 Å². The van der Waals surface area contributed by atoms with Crippen LogP contribution in [0.4, 0.5) is 5.69 Å². The molecule has 34 heavy (non-hydrogen) atoms. The van der Waals surface area contributed by atoms with E-state index >= 15 is 0 Å². The van der Waals surface area contributed by atoms with E-state index < -0.39 is 0 Å². The van der Waals surface area contributed by atoms with E-state index in [1.807, 2.05) is 53.2 Å². The number of hydrogen-bond donors (Lipinski definition) is 2. The fourth-order valence-electron chi connectivity index (χ4n) is 3.68. The van der Waals surface area contributed by atoms with Crippen molar-refractivity contribution in [3.63, 3.8) is 0 Å². The Morgan fingerprint density at radius 2 is 2.00 bits per heavy atom. The maximum absolute atomic E-state index is 12.4.